The number of hydrogen-bond acceptors (Lipinski definition) is 4. The van der Waals surface area contributed by atoms with Crippen LogP contribution < -0.4 is 5.32 Å². The summed E-state index contributed by atoms with van der Waals surface area (Å²) in [6.07, 6.45) is 4.41. The van der Waals surface area contributed by atoms with Gasteiger partial charge in [-0.05, 0) is 25.9 Å². The number of rotatable bonds is 1. The number of nitrogens with one attached hydrogen (secondary N) is 1. The minimum Gasteiger partial charge on any atom is -0.446 e. The van der Waals surface area contributed by atoms with E-state index in [-0.39, 0.29) is 12.4 Å². The summed E-state index contributed by atoms with van der Waals surface area (Å²) < 4.78 is 5.09. The van der Waals surface area contributed by atoms with Gasteiger partial charge in [0.05, 0.1) is 6.20 Å². The number of aromatic nitrogens is 1. The zero-order chi connectivity index (χ0) is 8.44. The molecule has 74 valence electrons. The summed E-state index contributed by atoms with van der Waals surface area (Å²) in [5, 5.41) is 13.2. The first kappa shape index (κ1) is 10.5. The summed E-state index contributed by atoms with van der Waals surface area (Å²) in [4.78, 5) is 3.97. The fraction of sp³-hybridized carbons (Fsp3) is 0.625. The average molecular weight is 205 g/mol. The van der Waals surface area contributed by atoms with Crippen molar-refractivity contribution in [1.82, 2.24) is 10.3 Å². The Morgan fingerprint density at radius 2 is 2.15 bits per heavy atom. The van der Waals surface area contributed by atoms with Crippen molar-refractivity contribution in [3.63, 3.8) is 0 Å². The summed E-state index contributed by atoms with van der Waals surface area (Å²) in [5.41, 5.74) is -0.839. The molecule has 1 fully saturated rings. The van der Waals surface area contributed by atoms with Gasteiger partial charge in [0, 0.05) is 0 Å². The lowest BCUT2D eigenvalue weighted by atomic mass is 9.92. The van der Waals surface area contributed by atoms with Crippen LogP contribution in [-0.4, -0.2) is 23.2 Å². The molecule has 0 saturated carbocycles. The van der Waals surface area contributed by atoms with Gasteiger partial charge in [0.25, 0.3) is 0 Å². The molecule has 1 aliphatic heterocycles. The van der Waals surface area contributed by atoms with Crippen molar-refractivity contribution in [2.45, 2.75) is 18.4 Å². The maximum atomic E-state index is 10.0. The molecule has 2 heterocycles. The molecule has 0 unspecified atom stereocenters. The van der Waals surface area contributed by atoms with Crippen molar-refractivity contribution in [3.8, 4) is 0 Å². The molecule has 13 heavy (non-hydrogen) atoms. The van der Waals surface area contributed by atoms with E-state index in [0.29, 0.717) is 18.7 Å². The van der Waals surface area contributed by atoms with Gasteiger partial charge in [-0.3, -0.25) is 0 Å². The van der Waals surface area contributed by atoms with E-state index in [1.54, 1.807) is 6.20 Å². The Balaban J connectivity index is 0.000000845. The molecule has 0 aromatic carbocycles. The Labute approximate surface area is 82.8 Å². The molecule has 4 nitrogen and oxygen atoms in total. The number of halogens is 1. The van der Waals surface area contributed by atoms with Gasteiger partial charge in [-0.2, -0.15) is 0 Å². The highest BCUT2D eigenvalue weighted by Crippen LogP contribution is 2.28. The van der Waals surface area contributed by atoms with Crippen LogP contribution in [0.15, 0.2) is 16.9 Å². The number of nitrogens with zero attached hydrogens (tertiary/aromatic N) is 1. The number of aliphatic hydroxyl groups is 1. The second kappa shape index (κ2) is 4.09. The van der Waals surface area contributed by atoms with Crippen LogP contribution in [0.5, 0.6) is 0 Å². The SMILES string of the molecule is Cl.OC1(c2ncco2)CCNCC1. The van der Waals surface area contributed by atoms with Gasteiger partial charge >= 0.3 is 0 Å². The minimum atomic E-state index is -0.839. The van der Waals surface area contributed by atoms with Gasteiger partial charge < -0.3 is 14.8 Å². The van der Waals surface area contributed by atoms with Crippen molar-refractivity contribution in [1.29, 1.82) is 0 Å². The molecule has 0 amide bonds. The van der Waals surface area contributed by atoms with Crippen LogP contribution in [0, 0.1) is 0 Å². The van der Waals surface area contributed by atoms with Crippen molar-refractivity contribution in [2.75, 3.05) is 13.1 Å². The lowest BCUT2D eigenvalue weighted by molar-refractivity contribution is -0.0185. The third-order valence-corrected chi connectivity index (χ3v) is 2.26. The van der Waals surface area contributed by atoms with E-state index in [0.717, 1.165) is 13.1 Å². The predicted octanol–water partition coefficient (Wildman–Crippen LogP) is 0.667. The lowest BCUT2D eigenvalue weighted by Gasteiger charge is -2.29. The molecule has 0 bridgehead atoms. The standard InChI is InChI=1S/C8H12N2O2.ClH/c11-8(1-3-9-4-2-8)7-10-5-6-12-7;/h5-6,9,11H,1-4H2;1H. The molecule has 1 saturated heterocycles. The lowest BCUT2D eigenvalue weighted by Crippen LogP contribution is -2.39. The van der Waals surface area contributed by atoms with E-state index in [2.05, 4.69) is 10.3 Å². The molecule has 0 atom stereocenters. The molecule has 1 aromatic rings. The van der Waals surface area contributed by atoms with Crippen LogP contribution in [-0.2, 0) is 5.60 Å². The summed E-state index contributed by atoms with van der Waals surface area (Å²) >= 11 is 0. The smallest absolute Gasteiger partial charge is 0.226 e. The van der Waals surface area contributed by atoms with E-state index < -0.39 is 5.60 Å². The quantitative estimate of drug-likeness (QED) is 0.706. The molecule has 2 N–H and O–H groups in total. The van der Waals surface area contributed by atoms with E-state index in [9.17, 15) is 5.11 Å². The monoisotopic (exact) mass is 204 g/mol. The van der Waals surface area contributed by atoms with Crippen molar-refractivity contribution < 1.29 is 9.52 Å². The first-order chi connectivity index (χ1) is 5.81. The summed E-state index contributed by atoms with van der Waals surface area (Å²) in [6, 6.07) is 0. The third-order valence-electron chi connectivity index (χ3n) is 2.26. The molecule has 0 spiro atoms. The summed E-state index contributed by atoms with van der Waals surface area (Å²) in [7, 11) is 0. The first-order valence-corrected chi connectivity index (χ1v) is 4.14. The second-order valence-corrected chi connectivity index (χ2v) is 3.12. The largest absolute Gasteiger partial charge is 0.446 e. The highest BCUT2D eigenvalue weighted by Gasteiger charge is 2.35. The van der Waals surface area contributed by atoms with Gasteiger partial charge in [-0.1, -0.05) is 0 Å². The molecule has 5 heteroatoms. The Kier molecular flexibility index (Phi) is 3.30. The molecular weight excluding hydrogens is 192 g/mol. The zero-order valence-corrected chi connectivity index (χ0v) is 8.01. The minimum absolute atomic E-state index is 0. The van der Waals surface area contributed by atoms with Gasteiger partial charge in [0.2, 0.25) is 5.89 Å². The Bertz CT molecular complexity index is 245. The van der Waals surface area contributed by atoms with Gasteiger partial charge in [0.1, 0.15) is 11.9 Å². The van der Waals surface area contributed by atoms with Crippen LogP contribution in [0.1, 0.15) is 18.7 Å². The zero-order valence-electron chi connectivity index (χ0n) is 7.19. The maximum absolute atomic E-state index is 10.0. The summed E-state index contributed by atoms with van der Waals surface area (Å²) in [5.74, 6) is 0.448. The molecule has 1 aliphatic rings. The van der Waals surface area contributed by atoms with Gasteiger partial charge in [-0.15, -0.1) is 12.4 Å². The van der Waals surface area contributed by atoms with Crippen LogP contribution >= 0.6 is 12.4 Å². The van der Waals surface area contributed by atoms with E-state index in [4.69, 9.17) is 4.42 Å². The molecule has 2 rings (SSSR count). The highest BCUT2D eigenvalue weighted by molar-refractivity contribution is 5.85. The van der Waals surface area contributed by atoms with Crippen LogP contribution in [0.25, 0.3) is 0 Å². The maximum Gasteiger partial charge on any atom is 0.226 e. The Morgan fingerprint density at radius 1 is 1.46 bits per heavy atom. The predicted molar refractivity (Wildman–Crippen MR) is 49.8 cm³/mol. The fourth-order valence-corrected chi connectivity index (χ4v) is 1.51. The van der Waals surface area contributed by atoms with E-state index >= 15 is 0 Å². The number of oxazole rings is 1. The summed E-state index contributed by atoms with van der Waals surface area (Å²) in [6.45, 7) is 1.64. The Hall–Kier alpha value is -0.580. The molecule has 1 aromatic heterocycles. The fourth-order valence-electron chi connectivity index (χ4n) is 1.51. The first-order valence-electron chi connectivity index (χ1n) is 4.14. The van der Waals surface area contributed by atoms with Crippen molar-refractivity contribution in [3.05, 3.63) is 18.4 Å². The van der Waals surface area contributed by atoms with E-state index in [1.807, 2.05) is 0 Å². The van der Waals surface area contributed by atoms with Gasteiger partial charge in [-0.25, -0.2) is 4.98 Å². The number of piperidine rings is 1. The van der Waals surface area contributed by atoms with Crippen molar-refractivity contribution in [2.24, 2.45) is 0 Å². The average Bonchev–Trinajstić information content (AvgIpc) is 2.58. The molecule has 0 aliphatic carbocycles. The van der Waals surface area contributed by atoms with E-state index in [1.165, 1.54) is 6.26 Å². The normalized spacial score (nSPS) is 20.7. The van der Waals surface area contributed by atoms with Crippen molar-refractivity contribution >= 4 is 12.4 Å². The van der Waals surface area contributed by atoms with Crippen LogP contribution in [0.2, 0.25) is 0 Å². The highest BCUT2D eigenvalue weighted by atomic mass is 35.5. The van der Waals surface area contributed by atoms with Gasteiger partial charge in [0.15, 0.2) is 0 Å². The topological polar surface area (TPSA) is 58.3 Å². The van der Waals surface area contributed by atoms with Crippen LogP contribution in [0.3, 0.4) is 0 Å². The number of hydrogen-bond donors (Lipinski definition) is 2. The Morgan fingerprint density at radius 3 is 2.69 bits per heavy atom. The second-order valence-electron chi connectivity index (χ2n) is 3.12. The van der Waals surface area contributed by atoms with Crippen LogP contribution in [0.4, 0.5) is 0 Å². The molecule has 0 radical (unpaired) electrons. The third kappa shape index (κ3) is 2.02. The molecular formula is C8H13ClN2O2.